The predicted molar refractivity (Wildman–Crippen MR) is 102 cm³/mol. The molecule has 0 spiro atoms. The lowest BCUT2D eigenvalue weighted by molar-refractivity contribution is -0.124. The third kappa shape index (κ3) is 5.44. The minimum absolute atomic E-state index is 0.0805. The van der Waals surface area contributed by atoms with E-state index in [-0.39, 0.29) is 17.4 Å². The van der Waals surface area contributed by atoms with Crippen molar-refractivity contribution in [2.45, 2.75) is 52.1 Å². The van der Waals surface area contributed by atoms with Crippen LogP contribution in [0.2, 0.25) is 0 Å². The van der Waals surface area contributed by atoms with Crippen LogP contribution >= 0.6 is 0 Å². The first-order valence-electron chi connectivity index (χ1n) is 9.24. The summed E-state index contributed by atoms with van der Waals surface area (Å²) in [5, 5.41) is 3.08. The van der Waals surface area contributed by atoms with Crippen LogP contribution in [0, 0.1) is 5.41 Å². The van der Waals surface area contributed by atoms with Crippen LogP contribution in [0.5, 0.6) is 5.75 Å². The van der Waals surface area contributed by atoms with Crippen LogP contribution < -0.4 is 15.8 Å². The molecule has 1 saturated heterocycles. The van der Waals surface area contributed by atoms with E-state index in [1.54, 1.807) is 7.11 Å². The number of nitrogens with one attached hydrogen (secondary N) is 1. The number of rotatable bonds is 6. The molecule has 1 fully saturated rings. The summed E-state index contributed by atoms with van der Waals surface area (Å²) in [5.74, 6) is 0.767. The van der Waals surface area contributed by atoms with E-state index < -0.39 is 6.04 Å². The average molecular weight is 348 g/mol. The van der Waals surface area contributed by atoms with Crippen LogP contribution in [-0.4, -0.2) is 43.6 Å². The molecule has 5 heteroatoms. The molecule has 0 radical (unpaired) electrons. The molecule has 1 aliphatic heterocycles. The number of hydrogen-bond acceptors (Lipinski definition) is 4. The van der Waals surface area contributed by atoms with Gasteiger partial charge in [-0.25, -0.2) is 0 Å². The van der Waals surface area contributed by atoms with Crippen molar-refractivity contribution in [2.75, 3.05) is 26.7 Å². The van der Waals surface area contributed by atoms with E-state index >= 15 is 0 Å². The SMILES string of the molecule is COc1ccc(C(CNC(=O)[C@@H](N)C(C)(C)C)N2CCCCC2)cc1. The van der Waals surface area contributed by atoms with Gasteiger partial charge in [-0.1, -0.05) is 39.3 Å². The highest BCUT2D eigenvalue weighted by Crippen LogP contribution is 2.26. The number of nitrogens with two attached hydrogens (primary N) is 1. The minimum Gasteiger partial charge on any atom is -0.497 e. The lowest BCUT2D eigenvalue weighted by atomic mass is 9.87. The summed E-state index contributed by atoms with van der Waals surface area (Å²) in [5.41, 5.74) is 7.05. The van der Waals surface area contributed by atoms with Crippen LogP contribution in [0.15, 0.2) is 24.3 Å². The molecule has 0 aromatic heterocycles. The first-order valence-corrected chi connectivity index (χ1v) is 9.24. The van der Waals surface area contributed by atoms with E-state index in [9.17, 15) is 4.79 Å². The number of methoxy groups -OCH3 is 1. The third-order valence-corrected chi connectivity index (χ3v) is 5.02. The molecule has 0 aliphatic carbocycles. The number of carbonyl (C=O) groups is 1. The van der Waals surface area contributed by atoms with Crippen LogP contribution in [-0.2, 0) is 4.79 Å². The summed E-state index contributed by atoms with van der Waals surface area (Å²) in [4.78, 5) is 14.9. The molecule has 3 N–H and O–H groups in total. The van der Waals surface area contributed by atoms with Crippen LogP contribution in [0.25, 0.3) is 0 Å². The fraction of sp³-hybridized carbons (Fsp3) is 0.650. The van der Waals surface area contributed by atoms with Gasteiger partial charge in [-0.05, 0) is 49.0 Å². The standard InChI is InChI=1S/C20H33N3O2/c1-20(2,3)18(21)19(24)22-14-17(23-12-6-5-7-13-23)15-8-10-16(25-4)11-9-15/h8-11,17-18H,5-7,12-14,21H2,1-4H3,(H,22,24)/t17?,18-/m1/s1. The van der Waals surface area contributed by atoms with Gasteiger partial charge in [0.25, 0.3) is 0 Å². The molecule has 2 atom stereocenters. The Bertz CT molecular complexity index is 545. The molecule has 5 nitrogen and oxygen atoms in total. The van der Waals surface area contributed by atoms with E-state index in [1.807, 2.05) is 32.9 Å². The van der Waals surface area contributed by atoms with Crippen molar-refractivity contribution in [2.24, 2.45) is 11.1 Å². The van der Waals surface area contributed by atoms with Crippen molar-refractivity contribution in [3.63, 3.8) is 0 Å². The molecule has 1 aromatic carbocycles. The van der Waals surface area contributed by atoms with Crippen LogP contribution in [0.3, 0.4) is 0 Å². The Morgan fingerprint density at radius 2 is 1.80 bits per heavy atom. The van der Waals surface area contributed by atoms with Gasteiger partial charge in [0.1, 0.15) is 5.75 Å². The fourth-order valence-corrected chi connectivity index (χ4v) is 3.21. The van der Waals surface area contributed by atoms with Crippen molar-refractivity contribution in [3.8, 4) is 5.75 Å². The Morgan fingerprint density at radius 1 is 1.20 bits per heavy atom. The highest BCUT2D eigenvalue weighted by Gasteiger charge is 2.29. The molecule has 1 amide bonds. The lowest BCUT2D eigenvalue weighted by Gasteiger charge is -2.35. The molecule has 2 rings (SSSR count). The molecule has 140 valence electrons. The lowest BCUT2D eigenvalue weighted by Crippen LogP contribution is -2.50. The Kier molecular flexibility index (Phi) is 6.85. The zero-order chi connectivity index (χ0) is 18.4. The van der Waals surface area contributed by atoms with E-state index in [0.29, 0.717) is 6.54 Å². The Hall–Kier alpha value is -1.59. The highest BCUT2D eigenvalue weighted by atomic mass is 16.5. The van der Waals surface area contributed by atoms with Gasteiger partial charge in [0.05, 0.1) is 19.2 Å². The van der Waals surface area contributed by atoms with Gasteiger partial charge in [-0.2, -0.15) is 0 Å². The van der Waals surface area contributed by atoms with E-state index in [2.05, 4.69) is 22.3 Å². The molecule has 25 heavy (non-hydrogen) atoms. The highest BCUT2D eigenvalue weighted by molar-refractivity contribution is 5.82. The second-order valence-corrected chi connectivity index (χ2v) is 7.97. The molecular formula is C20H33N3O2. The predicted octanol–water partition coefficient (Wildman–Crippen LogP) is 2.71. The maximum absolute atomic E-state index is 12.4. The van der Waals surface area contributed by atoms with Gasteiger partial charge in [0.2, 0.25) is 5.91 Å². The Labute approximate surface area is 151 Å². The van der Waals surface area contributed by atoms with Gasteiger partial charge in [-0.3, -0.25) is 9.69 Å². The summed E-state index contributed by atoms with van der Waals surface area (Å²) in [7, 11) is 1.67. The first kappa shape index (κ1) is 19.7. The molecular weight excluding hydrogens is 314 g/mol. The topological polar surface area (TPSA) is 67.6 Å². The summed E-state index contributed by atoms with van der Waals surface area (Å²) in [6.07, 6.45) is 3.71. The molecule has 0 bridgehead atoms. The zero-order valence-electron chi connectivity index (χ0n) is 16.0. The monoisotopic (exact) mass is 347 g/mol. The third-order valence-electron chi connectivity index (χ3n) is 5.02. The number of piperidine rings is 1. The molecule has 1 aromatic rings. The Balaban J connectivity index is 2.10. The van der Waals surface area contributed by atoms with Gasteiger partial charge in [0, 0.05) is 6.54 Å². The quantitative estimate of drug-likeness (QED) is 0.830. The van der Waals surface area contributed by atoms with Gasteiger partial charge in [-0.15, -0.1) is 0 Å². The van der Waals surface area contributed by atoms with Gasteiger partial charge in [0.15, 0.2) is 0 Å². The van der Waals surface area contributed by atoms with Crippen LogP contribution in [0.4, 0.5) is 0 Å². The zero-order valence-corrected chi connectivity index (χ0v) is 16.0. The minimum atomic E-state index is -0.509. The van der Waals surface area contributed by atoms with Crippen LogP contribution in [0.1, 0.15) is 51.6 Å². The normalized spacial score (nSPS) is 18.4. The number of ether oxygens (including phenoxy) is 1. The number of benzene rings is 1. The summed E-state index contributed by atoms with van der Waals surface area (Å²) < 4.78 is 5.26. The van der Waals surface area contributed by atoms with E-state index in [4.69, 9.17) is 10.5 Å². The van der Waals surface area contributed by atoms with Crippen molar-refractivity contribution >= 4 is 5.91 Å². The molecule has 1 aliphatic rings. The molecule has 1 heterocycles. The second-order valence-electron chi connectivity index (χ2n) is 7.97. The summed E-state index contributed by atoms with van der Waals surface area (Å²) in [6, 6.07) is 7.80. The van der Waals surface area contributed by atoms with Crippen molar-refractivity contribution in [1.29, 1.82) is 0 Å². The van der Waals surface area contributed by atoms with E-state index in [1.165, 1.54) is 24.8 Å². The number of hydrogen-bond donors (Lipinski definition) is 2. The van der Waals surface area contributed by atoms with E-state index in [0.717, 1.165) is 18.8 Å². The number of carbonyl (C=O) groups excluding carboxylic acids is 1. The summed E-state index contributed by atoms with van der Waals surface area (Å²) >= 11 is 0. The number of nitrogens with zero attached hydrogens (tertiary/aromatic N) is 1. The first-order chi connectivity index (χ1) is 11.8. The largest absolute Gasteiger partial charge is 0.497 e. The van der Waals surface area contributed by atoms with Gasteiger partial charge < -0.3 is 15.8 Å². The number of likely N-dealkylation sites (tertiary alicyclic amines) is 1. The van der Waals surface area contributed by atoms with Gasteiger partial charge >= 0.3 is 0 Å². The van der Waals surface area contributed by atoms with Crippen molar-refractivity contribution < 1.29 is 9.53 Å². The maximum Gasteiger partial charge on any atom is 0.237 e. The number of amides is 1. The maximum atomic E-state index is 12.4. The molecule has 1 unspecified atom stereocenters. The molecule has 0 saturated carbocycles. The van der Waals surface area contributed by atoms with Crippen molar-refractivity contribution in [3.05, 3.63) is 29.8 Å². The summed E-state index contributed by atoms with van der Waals surface area (Å²) in [6.45, 7) is 8.68. The van der Waals surface area contributed by atoms with Crippen molar-refractivity contribution in [1.82, 2.24) is 10.2 Å². The Morgan fingerprint density at radius 3 is 2.32 bits per heavy atom. The smallest absolute Gasteiger partial charge is 0.237 e. The fourth-order valence-electron chi connectivity index (χ4n) is 3.21. The average Bonchev–Trinajstić information content (AvgIpc) is 2.61. The second kappa shape index (κ2) is 8.68.